The van der Waals surface area contributed by atoms with Crippen molar-refractivity contribution >= 4 is 16.1 Å². The summed E-state index contributed by atoms with van der Waals surface area (Å²) in [5, 5.41) is 0. The molecule has 1 aliphatic heterocycles. The lowest BCUT2D eigenvalue weighted by Gasteiger charge is -2.33. The third kappa shape index (κ3) is 5.02. The molecule has 2 rings (SSSR count). The van der Waals surface area contributed by atoms with Crippen molar-refractivity contribution in [1.29, 1.82) is 0 Å². The van der Waals surface area contributed by atoms with Crippen LogP contribution in [0.5, 0.6) is 0 Å². The topological polar surface area (TPSA) is 69.7 Å². The number of benzene rings is 1. The number of hydrogen-bond donors (Lipinski definition) is 1. The van der Waals surface area contributed by atoms with Crippen molar-refractivity contribution in [3.8, 4) is 0 Å². The molecule has 0 bridgehead atoms. The van der Waals surface area contributed by atoms with Crippen molar-refractivity contribution in [2.45, 2.75) is 26.8 Å². The van der Waals surface area contributed by atoms with Gasteiger partial charge in [0.25, 0.3) is 0 Å². The van der Waals surface area contributed by atoms with Crippen molar-refractivity contribution < 1.29 is 13.2 Å². The Morgan fingerprint density at radius 1 is 1.17 bits per heavy atom. The Morgan fingerprint density at radius 2 is 1.78 bits per heavy atom. The quantitative estimate of drug-likeness (QED) is 0.846. The van der Waals surface area contributed by atoms with E-state index in [2.05, 4.69) is 21.8 Å². The SMILES string of the molecule is CC[C@@H](C)C(=O)NS(=O)(=O)N1CCN(Cc2ccccc2)CC1. The minimum Gasteiger partial charge on any atom is -0.296 e. The van der Waals surface area contributed by atoms with Gasteiger partial charge in [-0.1, -0.05) is 44.2 Å². The van der Waals surface area contributed by atoms with Crippen molar-refractivity contribution in [3.05, 3.63) is 35.9 Å². The zero-order valence-corrected chi connectivity index (χ0v) is 14.6. The summed E-state index contributed by atoms with van der Waals surface area (Å²) in [5.41, 5.74) is 1.22. The predicted molar refractivity (Wildman–Crippen MR) is 89.8 cm³/mol. The molecule has 1 aromatic rings. The molecule has 0 spiro atoms. The molecule has 23 heavy (non-hydrogen) atoms. The van der Waals surface area contributed by atoms with E-state index in [0.29, 0.717) is 32.6 Å². The summed E-state index contributed by atoms with van der Waals surface area (Å²) >= 11 is 0. The van der Waals surface area contributed by atoms with Crippen molar-refractivity contribution in [1.82, 2.24) is 13.9 Å². The Hall–Kier alpha value is -1.44. The molecule has 0 saturated carbocycles. The van der Waals surface area contributed by atoms with Gasteiger partial charge in [-0.3, -0.25) is 9.69 Å². The molecule has 1 aromatic carbocycles. The first-order valence-corrected chi connectivity index (χ1v) is 9.44. The van der Waals surface area contributed by atoms with Crippen LogP contribution in [-0.4, -0.2) is 49.7 Å². The van der Waals surface area contributed by atoms with Gasteiger partial charge in [0.15, 0.2) is 0 Å². The van der Waals surface area contributed by atoms with E-state index in [1.807, 2.05) is 25.1 Å². The van der Waals surface area contributed by atoms with Gasteiger partial charge in [-0.25, -0.2) is 4.72 Å². The number of rotatable bonds is 6. The summed E-state index contributed by atoms with van der Waals surface area (Å²) < 4.78 is 28.1. The van der Waals surface area contributed by atoms with Crippen LogP contribution in [0.2, 0.25) is 0 Å². The van der Waals surface area contributed by atoms with E-state index in [1.54, 1.807) is 6.92 Å². The number of piperazine rings is 1. The van der Waals surface area contributed by atoms with E-state index in [1.165, 1.54) is 9.87 Å². The molecule has 1 aliphatic rings. The second-order valence-electron chi connectivity index (χ2n) is 5.94. The molecule has 1 amide bonds. The first kappa shape index (κ1) is 17.9. The van der Waals surface area contributed by atoms with Crippen LogP contribution in [0.15, 0.2) is 30.3 Å². The van der Waals surface area contributed by atoms with Crippen LogP contribution < -0.4 is 4.72 Å². The van der Waals surface area contributed by atoms with Crippen molar-refractivity contribution in [2.75, 3.05) is 26.2 Å². The highest BCUT2D eigenvalue weighted by Crippen LogP contribution is 2.11. The van der Waals surface area contributed by atoms with Crippen LogP contribution in [-0.2, 0) is 21.5 Å². The summed E-state index contributed by atoms with van der Waals surface area (Å²) in [5.74, 6) is -0.733. The largest absolute Gasteiger partial charge is 0.303 e. The van der Waals surface area contributed by atoms with Gasteiger partial charge in [0.2, 0.25) is 5.91 Å². The van der Waals surface area contributed by atoms with E-state index < -0.39 is 16.1 Å². The molecule has 1 atom stereocenters. The first-order chi connectivity index (χ1) is 10.9. The Bertz CT molecular complexity index is 611. The van der Waals surface area contributed by atoms with Gasteiger partial charge in [0.05, 0.1) is 0 Å². The smallest absolute Gasteiger partial charge is 0.296 e. The molecule has 0 aliphatic carbocycles. The lowest BCUT2D eigenvalue weighted by atomic mass is 10.1. The van der Waals surface area contributed by atoms with E-state index in [9.17, 15) is 13.2 Å². The highest BCUT2D eigenvalue weighted by atomic mass is 32.2. The summed E-state index contributed by atoms with van der Waals surface area (Å²) in [7, 11) is -3.73. The Morgan fingerprint density at radius 3 is 2.35 bits per heavy atom. The highest BCUT2D eigenvalue weighted by molar-refractivity contribution is 7.87. The number of carbonyl (C=O) groups is 1. The summed E-state index contributed by atoms with van der Waals surface area (Å²) in [4.78, 5) is 14.0. The fourth-order valence-electron chi connectivity index (χ4n) is 2.45. The van der Waals surface area contributed by atoms with Gasteiger partial charge in [0, 0.05) is 38.6 Å². The van der Waals surface area contributed by atoms with Crippen LogP contribution in [0.3, 0.4) is 0 Å². The van der Waals surface area contributed by atoms with Crippen LogP contribution in [0, 0.1) is 5.92 Å². The standard InChI is InChI=1S/C16H25N3O3S/c1-3-14(2)16(20)17-23(21,22)19-11-9-18(10-12-19)13-15-7-5-4-6-8-15/h4-8,14H,3,9-13H2,1-2H3,(H,17,20)/t14-/m1/s1. The minimum absolute atomic E-state index is 0.302. The molecule has 7 heteroatoms. The molecule has 1 N–H and O–H groups in total. The van der Waals surface area contributed by atoms with Gasteiger partial charge in [0.1, 0.15) is 0 Å². The molecule has 1 heterocycles. The molecular weight excluding hydrogens is 314 g/mol. The predicted octanol–water partition coefficient (Wildman–Crippen LogP) is 1.21. The molecular formula is C16H25N3O3S. The number of nitrogens with zero attached hydrogens (tertiary/aromatic N) is 2. The highest BCUT2D eigenvalue weighted by Gasteiger charge is 2.29. The molecule has 0 radical (unpaired) electrons. The Labute approximate surface area is 138 Å². The van der Waals surface area contributed by atoms with Crippen molar-refractivity contribution in [3.63, 3.8) is 0 Å². The van der Waals surface area contributed by atoms with Crippen LogP contribution in [0.25, 0.3) is 0 Å². The van der Waals surface area contributed by atoms with Crippen molar-refractivity contribution in [2.24, 2.45) is 5.92 Å². The second-order valence-corrected chi connectivity index (χ2v) is 7.61. The van der Waals surface area contributed by atoms with E-state index >= 15 is 0 Å². The third-order valence-electron chi connectivity index (χ3n) is 4.21. The first-order valence-electron chi connectivity index (χ1n) is 8.00. The maximum Gasteiger partial charge on any atom is 0.303 e. The monoisotopic (exact) mass is 339 g/mol. The average molecular weight is 339 g/mol. The summed E-state index contributed by atoms with van der Waals surface area (Å²) in [6.45, 7) is 6.52. The van der Waals surface area contributed by atoms with Gasteiger partial charge in [-0.2, -0.15) is 12.7 Å². The summed E-state index contributed by atoms with van der Waals surface area (Å²) in [6, 6.07) is 10.1. The van der Waals surface area contributed by atoms with E-state index in [0.717, 1.165) is 6.54 Å². The average Bonchev–Trinajstić information content (AvgIpc) is 2.55. The zero-order valence-electron chi connectivity index (χ0n) is 13.7. The van der Waals surface area contributed by atoms with E-state index in [-0.39, 0.29) is 5.92 Å². The molecule has 1 saturated heterocycles. The lowest BCUT2D eigenvalue weighted by molar-refractivity contribution is -0.122. The minimum atomic E-state index is -3.73. The normalized spacial score (nSPS) is 18.5. The van der Waals surface area contributed by atoms with Gasteiger partial charge >= 0.3 is 10.2 Å². The van der Waals surface area contributed by atoms with Gasteiger partial charge in [-0.05, 0) is 12.0 Å². The lowest BCUT2D eigenvalue weighted by Crippen LogP contribution is -2.53. The van der Waals surface area contributed by atoms with Gasteiger partial charge in [-0.15, -0.1) is 0 Å². The number of amides is 1. The Kier molecular flexibility index (Phi) is 6.15. The zero-order chi connectivity index (χ0) is 16.9. The fourth-order valence-corrected chi connectivity index (χ4v) is 3.68. The molecule has 6 nitrogen and oxygen atoms in total. The molecule has 0 unspecified atom stereocenters. The molecule has 128 valence electrons. The van der Waals surface area contributed by atoms with Gasteiger partial charge < -0.3 is 0 Å². The molecule has 1 fully saturated rings. The molecule has 0 aromatic heterocycles. The maximum atomic E-state index is 12.3. The Balaban J connectivity index is 1.87. The third-order valence-corrected chi connectivity index (χ3v) is 5.71. The fraction of sp³-hybridized carbons (Fsp3) is 0.562. The van der Waals surface area contributed by atoms with Crippen LogP contribution in [0.1, 0.15) is 25.8 Å². The summed E-state index contributed by atoms with van der Waals surface area (Å²) in [6.07, 6.45) is 0.617. The van der Waals surface area contributed by atoms with Crippen LogP contribution >= 0.6 is 0 Å². The number of carbonyl (C=O) groups excluding carboxylic acids is 1. The maximum absolute atomic E-state index is 12.3. The number of nitrogens with one attached hydrogen (secondary N) is 1. The van der Waals surface area contributed by atoms with Crippen LogP contribution in [0.4, 0.5) is 0 Å². The number of hydrogen-bond acceptors (Lipinski definition) is 4. The second kappa shape index (κ2) is 7.90. The van der Waals surface area contributed by atoms with E-state index in [4.69, 9.17) is 0 Å².